The minimum atomic E-state index is -0.0543. The van der Waals surface area contributed by atoms with E-state index >= 15 is 0 Å². The van der Waals surface area contributed by atoms with Crippen molar-refractivity contribution < 1.29 is 4.42 Å². The van der Waals surface area contributed by atoms with E-state index in [0.29, 0.717) is 0 Å². The largest absolute Gasteiger partial charge is 0.456 e. The highest BCUT2D eigenvalue weighted by atomic mass is 16.3. The lowest BCUT2D eigenvalue weighted by Gasteiger charge is -2.28. The Bertz CT molecular complexity index is 1840. The molecule has 0 N–H and O–H groups in total. The first-order chi connectivity index (χ1) is 19.0. The van der Waals surface area contributed by atoms with Crippen LogP contribution in [0.5, 0.6) is 0 Å². The number of aryl methyl sites for hydroxylation is 1. The molecule has 1 aromatic heterocycles. The summed E-state index contributed by atoms with van der Waals surface area (Å²) in [4.78, 5) is 2.41. The molecule has 1 aliphatic rings. The van der Waals surface area contributed by atoms with Crippen molar-refractivity contribution >= 4 is 39.0 Å². The molecule has 1 heterocycles. The van der Waals surface area contributed by atoms with Crippen molar-refractivity contribution in [3.63, 3.8) is 0 Å². The van der Waals surface area contributed by atoms with Gasteiger partial charge in [-0.3, -0.25) is 0 Å². The monoisotopic (exact) mass is 507 g/mol. The van der Waals surface area contributed by atoms with Crippen molar-refractivity contribution in [3.05, 3.63) is 126 Å². The number of hydrogen-bond donors (Lipinski definition) is 0. The lowest BCUT2D eigenvalue weighted by molar-refractivity contribution is 0.660. The molecule has 192 valence electrons. The first-order valence-corrected chi connectivity index (χ1v) is 14.1. The van der Waals surface area contributed by atoms with Crippen LogP contribution < -0.4 is 4.90 Å². The Morgan fingerprint density at radius 3 is 2.23 bits per heavy atom. The highest BCUT2D eigenvalue weighted by Crippen LogP contribution is 2.50. The number of para-hydroxylation sites is 1. The number of furan rings is 1. The number of unbranched alkanes of at least 4 members (excludes halogenated alkanes) is 1. The van der Waals surface area contributed by atoms with Crippen molar-refractivity contribution in [1.82, 2.24) is 0 Å². The van der Waals surface area contributed by atoms with Crippen LogP contribution in [0.4, 0.5) is 17.1 Å². The fourth-order valence-electron chi connectivity index (χ4n) is 6.36. The van der Waals surface area contributed by atoms with Crippen molar-refractivity contribution in [1.29, 1.82) is 0 Å². The van der Waals surface area contributed by atoms with Gasteiger partial charge in [-0.25, -0.2) is 0 Å². The third-order valence-corrected chi connectivity index (χ3v) is 8.43. The van der Waals surface area contributed by atoms with E-state index in [2.05, 4.69) is 123 Å². The van der Waals surface area contributed by atoms with Gasteiger partial charge in [-0.2, -0.15) is 0 Å². The summed E-state index contributed by atoms with van der Waals surface area (Å²) < 4.78 is 6.17. The summed E-state index contributed by atoms with van der Waals surface area (Å²) in [5.41, 5.74) is 12.1. The molecule has 0 fully saturated rings. The van der Waals surface area contributed by atoms with Gasteiger partial charge in [0.1, 0.15) is 11.2 Å². The van der Waals surface area contributed by atoms with Crippen LogP contribution in [0.3, 0.4) is 0 Å². The van der Waals surface area contributed by atoms with Crippen molar-refractivity contribution in [2.24, 2.45) is 0 Å². The Kier molecular flexibility index (Phi) is 5.59. The number of hydrogen-bond acceptors (Lipinski definition) is 2. The van der Waals surface area contributed by atoms with E-state index in [1.54, 1.807) is 0 Å². The van der Waals surface area contributed by atoms with Crippen LogP contribution in [0.2, 0.25) is 0 Å². The summed E-state index contributed by atoms with van der Waals surface area (Å²) in [5.74, 6) is 0. The van der Waals surface area contributed by atoms with E-state index in [1.807, 2.05) is 12.1 Å². The van der Waals surface area contributed by atoms with E-state index in [4.69, 9.17) is 4.42 Å². The van der Waals surface area contributed by atoms with Crippen LogP contribution in [0, 0.1) is 0 Å². The van der Waals surface area contributed by atoms with E-state index < -0.39 is 0 Å². The summed E-state index contributed by atoms with van der Waals surface area (Å²) in [6, 6.07) is 39.8. The van der Waals surface area contributed by atoms with Gasteiger partial charge in [0, 0.05) is 33.2 Å². The molecule has 7 rings (SSSR count). The quantitative estimate of drug-likeness (QED) is 0.223. The standard InChI is InChI=1S/C37H33NO/c1-4-5-11-25-12-10-13-26(22-25)38(27-19-21-36-32(23-27)31-15-7-9-17-35(31)39-36)28-18-20-30-29-14-6-8-16-33(29)37(2,3)34(30)24-28/h6-10,12-24H,4-5,11H2,1-3H3. The minimum Gasteiger partial charge on any atom is -0.456 e. The molecule has 39 heavy (non-hydrogen) atoms. The lowest BCUT2D eigenvalue weighted by atomic mass is 9.82. The number of benzene rings is 5. The molecule has 0 radical (unpaired) electrons. The van der Waals surface area contributed by atoms with Crippen LogP contribution in [0.1, 0.15) is 50.3 Å². The third kappa shape index (κ3) is 3.86. The maximum absolute atomic E-state index is 6.17. The molecule has 0 atom stereocenters. The van der Waals surface area contributed by atoms with E-state index in [9.17, 15) is 0 Å². The van der Waals surface area contributed by atoms with E-state index in [0.717, 1.165) is 34.0 Å². The Morgan fingerprint density at radius 2 is 1.33 bits per heavy atom. The van der Waals surface area contributed by atoms with Crippen LogP contribution in [0.25, 0.3) is 33.1 Å². The van der Waals surface area contributed by atoms with Crippen molar-refractivity contribution in [2.75, 3.05) is 4.90 Å². The van der Waals surface area contributed by atoms with Crippen molar-refractivity contribution in [3.8, 4) is 11.1 Å². The molecule has 2 heteroatoms. The molecule has 6 aromatic rings. The second-order valence-electron chi connectivity index (χ2n) is 11.3. The molecule has 5 aromatic carbocycles. The van der Waals surface area contributed by atoms with Crippen LogP contribution in [-0.4, -0.2) is 0 Å². The first-order valence-electron chi connectivity index (χ1n) is 14.1. The molecule has 0 spiro atoms. The van der Waals surface area contributed by atoms with E-state index in [1.165, 1.54) is 52.0 Å². The van der Waals surface area contributed by atoms with Crippen LogP contribution in [0.15, 0.2) is 114 Å². The Morgan fingerprint density at radius 1 is 0.615 bits per heavy atom. The summed E-state index contributed by atoms with van der Waals surface area (Å²) in [6.07, 6.45) is 3.48. The van der Waals surface area contributed by atoms with Gasteiger partial charge in [-0.05, 0) is 89.2 Å². The van der Waals surface area contributed by atoms with Gasteiger partial charge in [0.25, 0.3) is 0 Å². The second-order valence-corrected chi connectivity index (χ2v) is 11.3. The molecule has 0 aliphatic heterocycles. The highest BCUT2D eigenvalue weighted by molar-refractivity contribution is 6.06. The molecule has 0 saturated heterocycles. The molecule has 1 aliphatic carbocycles. The smallest absolute Gasteiger partial charge is 0.135 e. The highest BCUT2D eigenvalue weighted by Gasteiger charge is 2.35. The zero-order valence-electron chi connectivity index (χ0n) is 22.9. The molecule has 0 saturated carbocycles. The average molecular weight is 508 g/mol. The number of rotatable bonds is 6. The molecular formula is C37H33NO. The lowest BCUT2D eigenvalue weighted by Crippen LogP contribution is -2.16. The predicted molar refractivity (Wildman–Crippen MR) is 165 cm³/mol. The minimum absolute atomic E-state index is 0.0543. The number of fused-ring (bicyclic) bond motifs is 6. The maximum atomic E-state index is 6.17. The number of anilines is 3. The van der Waals surface area contributed by atoms with Gasteiger partial charge in [0.15, 0.2) is 0 Å². The molecule has 0 unspecified atom stereocenters. The zero-order valence-corrected chi connectivity index (χ0v) is 22.9. The van der Waals surface area contributed by atoms with Crippen LogP contribution in [-0.2, 0) is 11.8 Å². The molecule has 0 amide bonds. The van der Waals surface area contributed by atoms with Gasteiger partial charge >= 0.3 is 0 Å². The number of nitrogens with zero attached hydrogens (tertiary/aromatic N) is 1. The molecular weight excluding hydrogens is 474 g/mol. The molecule has 0 bridgehead atoms. The van der Waals surface area contributed by atoms with Gasteiger partial charge in [0.05, 0.1) is 0 Å². The third-order valence-electron chi connectivity index (χ3n) is 8.43. The van der Waals surface area contributed by atoms with E-state index in [-0.39, 0.29) is 5.41 Å². The zero-order chi connectivity index (χ0) is 26.6. The maximum Gasteiger partial charge on any atom is 0.135 e. The summed E-state index contributed by atoms with van der Waals surface area (Å²) >= 11 is 0. The second kappa shape index (κ2) is 9.17. The van der Waals surface area contributed by atoms with Crippen LogP contribution >= 0.6 is 0 Å². The van der Waals surface area contributed by atoms with Crippen molar-refractivity contribution in [2.45, 2.75) is 45.4 Å². The fraction of sp³-hybridized carbons (Fsp3) is 0.189. The molecule has 2 nitrogen and oxygen atoms in total. The van der Waals surface area contributed by atoms with Gasteiger partial charge < -0.3 is 9.32 Å². The first kappa shape index (κ1) is 23.8. The average Bonchev–Trinajstić information content (AvgIpc) is 3.45. The van der Waals surface area contributed by atoms with Gasteiger partial charge in [-0.1, -0.05) is 87.9 Å². The summed E-state index contributed by atoms with van der Waals surface area (Å²) in [6.45, 7) is 6.95. The fourth-order valence-corrected chi connectivity index (χ4v) is 6.36. The topological polar surface area (TPSA) is 16.4 Å². The Labute approximate surface area is 230 Å². The van der Waals surface area contributed by atoms with Gasteiger partial charge in [0.2, 0.25) is 0 Å². The summed E-state index contributed by atoms with van der Waals surface area (Å²) in [5, 5.41) is 2.29. The predicted octanol–water partition coefficient (Wildman–Crippen LogP) is 10.7. The Balaban J connectivity index is 1.42. The Hall–Kier alpha value is -4.30. The SMILES string of the molecule is CCCCc1cccc(N(c2ccc3c(c2)C(C)(C)c2ccccc2-3)c2ccc3oc4ccccc4c3c2)c1. The van der Waals surface area contributed by atoms with Gasteiger partial charge in [-0.15, -0.1) is 0 Å². The summed E-state index contributed by atoms with van der Waals surface area (Å²) in [7, 11) is 0. The normalized spacial score (nSPS) is 13.5.